The fourth-order valence-corrected chi connectivity index (χ4v) is 3.43. The number of hydrogen-bond donors (Lipinski definition) is 2. The normalized spacial score (nSPS) is 10.6. The second-order valence-corrected chi connectivity index (χ2v) is 7.12. The number of H-pyrrole nitrogens is 1. The Labute approximate surface area is 180 Å². The molecule has 8 heteroatoms. The van der Waals surface area contributed by atoms with Crippen LogP contribution in [-0.2, 0) is 19.4 Å². The van der Waals surface area contributed by atoms with Crippen LogP contribution in [0.5, 0.6) is 0 Å². The maximum absolute atomic E-state index is 4.64. The number of hydrogen-bond acceptors (Lipinski definition) is 6. The van der Waals surface area contributed by atoms with Gasteiger partial charge in [-0.05, 0) is 39.8 Å². The van der Waals surface area contributed by atoms with Crippen molar-refractivity contribution in [3.63, 3.8) is 0 Å². The van der Waals surface area contributed by atoms with Crippen LogP contribution in [0.15, 0.2) is 48.5 Å². The van der Waals surface area contributed by atoms with E-state index in [0.29, 0.717) is 18.8 Å². The third kappa shape index (κ3) is 4.42. The van der Waals surface area contributed by atoms with E-state index in [4.69, 9.17) is 0 Å². The number of aryl methyl sites for hydroxylation is 1. The van der Waals surface area contributed by atoms with Gasteiger partial charge in [0.05, 0.1) is 13.0 Å². The molecule has 4 aromatic rings. The standard InChI is InChI=1S/C22H21N7S/c1-2-3-8-21-23-20(13-14-30)26-29(21)15-16-9-11-17(12-10-16)18-6-4-5-7-19(18)22-24-27-28-25-22/h4-7,9-12,30H,8,13-15H2,1H3,(H,24,25,27,28). The van der Waals surface area contributed by atoms with E-state index in [1.54, 1.807) is 0 Å². The predicted octanol–water partition coefficient (Wildman–Crippen LogP) is 3.21. The Hall–Kier alpha value is -3.44. The molecule has 0 amide bonds. The summed E-state index contributed by atoms with van der Waals surface area (Å²) in [5.74, 6) is 9.07. The summed E-state index contributed by atoms with van der Waals surface area (Å²) in [4.78, 5) is 4.62. The molecule has 0 saturated heterocycles. The van der Waals surface area contributed by atoms with Gasteiger partial charge < -0.3 is 0 Å². The summed E-state index contributed by atoms with van der Waals surface area (Å²) in [6.45, 7) is 2.48. The molecule has 1 N–H and O–H groups in total. The topological polar surface area (TPSA) is 85.2 Å². The van der Waals surface area contributed by atoms with E-state index >= 15 is 0 Å². The largest absolute Gasteiger partial charge is 0.244 e. The summed E-state index contributed by atoms with van der Waals surface area (Å²) in [5, 5.41) is 18.9. The van der Waals surface area contributed by atoms with Crippen molar-refractivity contribution in [2.24, 2.45) is 0 Å². The smallest absolute Gasteiger partial charge is 0.180 e. The van der Waals surface area contributed by atoms with Crippen LogP contribution in [0, 0.1) is 11.8 Å². The molecule has 0 bridgehead atoms. The van der Waals surface area contributed by atoms with Crippen molar-refractivity contribution in [1.82, 2.24) is 35.4 Å². The second-order valence-electron chi connectivity index (χ2n) is 6.67. The van der Waals surface area contributed by atoms with Crippen LogP contribution in [0.25, 0.3) is 22.5 Å². The van der Waals surface area contributed by atoms with E-state index < -0.39 is 0 Å². The van der Waals surface area contributed by atoms with Gasteiger partial charge in [0.15, 0.2) is 11.6 Å². The lowest BCUT2D eigenvalue weighted by Crippen LogP contribution is -2.07. The number of rotatable bonds is 7. The molecule has 0 aliphatic carbocycles. The van der Waals surface area contributed by atoms with Crippen molar-refractivity contribution in [2.75, 3.05) is 5.75 Å². The molecule has 2 heterocycles. The second kappa shape index (κ2) is 9.37. The van der Waals surface area contributed by atoms with Gasteiger partial charge in [-0.2, -0.15) is 17.7 Å². The van der Waals surface area contributed by atoms with Gasteiger partial charge in [0.2, 0.25) is 0 Å². The Kier molecular flexibility index (Phi) is 6.20. The number of nitrogens with one attached hydrogen (secondary N) is 1. The summed E-state index contributed by atoms with van der Waals surface area (Å²) in [7, 11) is 0. The zero-order valence-electron chi connectivity index (χ0n) is 16.6. The van der Waals surface area contributed by atoms with Crippen molar-refractivity contribution in [2.45, 2.75) is 26.3 Å². The van der Waals surface area contributed by atoms with Gasteiger partial charge >= 0.3 is 0 Å². The molecule has 0 atom stereocenters. The zero-order chi connectivity index (χ0) is 20.8. The third-order valence-electron chi connectivity index (χ3n) is 4.68. The Morgan fingerprint density at radius 1 is 1.07 bits per heavy atom. The molecule has 30 heavy (non-hydrogen) atoms. The molecule has 0 aliphatic rings. The van der Waals surface area contributed by atoms with Crippen LogP contribution < -0.4 is 0 Å². The Morgan fingerprint density at radius 3 is 2.57 bits per heavy atom. The highest BCUT2D eigenvalue weighted by Crippen LogP contribution is 2.29. The van der Waals surface area contributed by atoms with E-state index in [-0.39, 0.29) is 0 Å². The molecule has 4 rings (SSSR count). The summed E-state index contributed by atoms with van der Waals surface area (Å²) >= 11 is 4.29. The van der Waals surface area contributed by atoms with Crippen molar-refractivity contribution in [3.05, 3.63) is 65.7 Å². The highest BCUT2D eigenvalue weighted by Gasteiger charge is 2.12. The number of tetrazole rings is 1. The van der Waals surface area contributed by atoms with Gasteiger partial charge in [-0.1, -0.05) is 54.5 Å². The number of aromatic amines is 1. The first-order valence-electron chi connectivity index (χ1n) is 9.64. The average molecular weight is 416 g/mol. The molecule has 0 aliphatic heterocycles. The third-order valence-corrected chi connectivity index (χ3v) is 4.90. The summed E-state index contributed by atoms with van der Waals surface area (Å²) < 4.78 is 1.94. The average Bonchev–Trinajstić information content (AvgIpc) is 3.44. The van der Waals surface area contributed by atoms with Gasteiger partial charge in [0.1, 0.15) is 5.82 Å². The highest BCUT2D eigenvalue weighted by molar-refractivity contribution is 7.80. The number of thiol groups is 1. The molecular weight excluding hydrogens is 394 g/mol. The van der Waals surface area contributed by atoms with Crippen LogP contribution in [0.1, 0.15) is 24.1 Å². The minimum absolute atomic E-state index is 0.590. The van der Waals surface area contributed by atoms with E-state index in [1.807, 2.05) is 29.8 Å². The van der Waals surface area contributed by atoms with Crippen molar-refractivity contribution >= 4 is 12.6 Å². The van der Waals surface area contributed by atoms with Gasteiger partial charge in [0.25, 0.3) is 0 Å². The van der Waals surface area contributed by atoms with Gasteiger partial charge in [-0.15, -0.1) is 11.0 Å². The first-order chi connectivity index (χ1) is 14.8. The lowest BCUT2D eigenvalue weighted by Gasteiger charge is -2.09. The molecule has 0 saturated carbocycles. The van der Waals surface area contributed by atoms with Crippen LogP contribution in [0.4, 0.5) is 0 Å². The molecular formula is C22H21N7S. The maximum Gasteiger partial charge on any atom is 0.180 e. The molecule has 0 fully saturated rings. The van der Waals surface area contributed by atoms with E-state index in [9.17, 15) is 0 Å². The first kappa shape index (κ1) is 19.9. The SMILES string of the molecule is CC#CCc1nc(CCS)nn1Cc1ccc(-c2ccccc2-c2nnn[nH]2)cc1. The van der Waals surface area contributed by atoms with Crippen LogP contribution in [0.2, 0.25) is 0 Å². The summed E-state index contributed by atoms with van der Waals surface area (Å²) in [6, 6.07) is 16.5. The quantitative estimate of drug-likeness (QED) is 0.358. The highest BCUT2D eigenvalue weighted by atomic mass is 32.1. The number of nitrogens with zero attached hydrogens (tertiary/aromatic N) is 6. The van der Waals surface area contributed by atoms with Crippen molar-refractivity contribution < 1.29 is 0 Å². The molecule has 150 valence electrons. The monoisotopic (exact) mass is 415 g/mol. The van der Waals surface area contributed by atoms with Crippen LogP contribution in [0.3, 0.4) is 0 Å². The Balaban J connectivity index is 1.59. The Bertz CT molecular complexity index is 1170. The Morgan fingerprint density at radius 2 is 1.87 bits per heavy atom. The fraction of sp³-hybridized carbons (Fsp3) is 0.227. The minimum Gasteiger partial charge on any atom is -0.244 e. The lowest BCUT2D eigenvalue weighted by molar-refractivity contribution is 0.645. The van der Waals surface area contributed by atoms with Crippen molar-refractivity contribution in [1.29, 1.82) is 0 Å². The molecule has 7 nitrogen and oxygen atoms in total. The van der Waals surface area contributed by atoms with Gasteiger partial charge in [-0.3, -0.25) is 0 Å². The van der Waals surface area contributed by atoms with Gasteiger partial charge in [-0.25, -0.2) is 14.8 Å². The molecule has 2 aromatic heterocycles. The maximum atomic E-state index is 4.64. The zero-order valence-corrected chi connectivity index (χ0v) is 17.5. The van der Waals surface area contributed by atoms with E-state index in [0.717, 1.165) is 46.1 Å². The predicted molar refractivity (Wildman–Crippen MR) is 119 cm³/mol. The van der Waals surface area contributed by atoms with Crippen LogP contribution >= 0.6 is 12.6 Å². The number of benzene rings is 2. The molecule has 2 aromatic carbocycles. The van der Waals surface area contributed by atoms with E-state index in [2.05, 4.69) is 85.5 Å². The van der Waals surface area contributed by atoms with Crippen LogP contribution in [-0.4, -0.2) is 41.1 Å². The minimum atomic E-state index is 0.590. The molecule has 0 unspecified atom stereocenters. The van der Waals surface area contributed by atoms with Gasteiger partial charge in [0, 0.05) is 12.0 Å². The lowest BCUT2D eigenvalue weighted by atomic mass is 9.98. The molecule has 0 radical (unpaired) electrons. The molecule has 0 spiro atoms. The summed E-state index contributed by atoms with van der Waals surface area (Å²) in [6.07, 6.45) is 1.33. The number of aromatic nitrogens is 7. The first-order valence-corrected chi connectivity index (χ1v) is 10.3. The summed E-state index contributed by atoms with van der Waals surface area (Å²) in [5.41, 5.74) is 4.27. The van der Waals surface area contributed by atoms with Crippen molar-refractivity contribution in [3.8, 4) is 34.4 Å². The fourth-order valence-electron chi connectivity index (χ4n) is 3.23. The van der Waals surface area contributed by atoms with E-state index in [1.165, 1.54) is 0 Å².